The molecule has 0 heterocycles. The van der Waals surface area contributed by atoms with E-state index in [1.807, 2.05) is 0 Å². The summed E-state index contributed by atoms with van der Waals surface area (Å²) in [6, 6.07) is -1.52. The third-order valence-electron chi connectivity index (χ3n) is 8.95. The van der Waals surface area contributed by atoms with Crippen molar-refractivity contribution >= 4 is 25.7 Å². The van der Waals surface area contributed by atoms with E-state index in [0.29, 0.717) is 12.8 Å². The number of hydrogen-bond acceptors (Lipinski definition) is 9. The number of phosphoric acid groups is 1. The molecule has 1 unspecified atom stereocenters. The smallest absolute Gasteiger partial charge is 0.472 e. The molecule has 3 atom stereocenters. The van der Waals surface area contributed by atoms with Gasteiger partial charge in [-0.15, -0.1) is 0 Å². The molecule has 0 rings (SSSR count). The standard InChI is InChI=1S/C41H76NO10P/c1-3-5-7-9-11-13-15-17-19-21-23-25-27-29-31-33-40(44)52-37(35-50-53(47,48)51-36-38(42)41(45)46)34-49-39(43)32-30-28-26-24-22-20-18-16-14-12-10-8-6-4-2/h10,12,16,18,37-38H,3-9,11,13-15,17,19-36,42H2,1-2H3,(H,45,46)(H,47,48)/b12-10-,18-16-/t37-,38+/m1/s1. The number of ether oxygens (including phenoxy) is 2. The number of rotatable bonds is 39. The Morgan fingerprint density at radius 3 is 1.53 bits per heavy atom. The van der Waals surface area contributed by atoms with E-state index in [0.717, 1.165) is 64.2 Å². The highest BCUT2D eigenvalue weighted by Crippen LogP contribution is 2.43. The Morgan fingerprint density at radius 2 is 1.02 bits per heavy atom. The molecule has 0 aliphatic carbocycles. The number of phosphoric ester groups is 1. The van der Waals surface area contributed by atoms with Gasteiger partial charge in [-0.05, 0) is 38.5 Å². The van der Waals surface area contributed by atoms with Crippen molar-refractivity contribution in [2.45, 2.75) is 199 Å². The van der Waals surface area contributed by atoms with Gasteiger partial charge in [-0.2, -0.15) is 0 Å². The van der Waals surface area contributed by atoms with Gasteiger partial charge >= 0.3 is 25.7 Å². The number of carbonyl (C=O) groups is 3. The highest BCUT2D eigenvalue weighted by atomic mass is 31.2. The second-order valence-corrected chi connectivity index (χ2v) is 15.6. The molecule has 0 saturated carbocycles. The van der Waals surface area contributed by atoms with E-state index in [1.54, 1.807) is 0 Å². The summed E-state index contributed by atoms with van der Waals surface area (Å²) in [5.41, 5.74) is 5.32. The lowest BCUT2D eigenvalue weighted by molar-refractivity contribution is -0.161. The van der Waals surface area contributed by atoms with Crippen LogP contribution in [-0.4, -0.2) is 59.9 Å². The Balaban J connectivity index is 4.39. The Bertz CT molecular complexity index is 1010. The number of hydrogen-bond donors (Lipinski definition) is 3. The molecular formula is C41H76NO10P. The van der Waals surface area contributed by atoms with Crippen molar-refractivity contribution in [1.29, 1.82) is 0 Å². The van der Waals surface area contributed by atoms with Crippen molar-refractivity contribution in [2.75, 3.05) is 19.8 Å². The highest BCUT2D eigenvalue weighted by Gasteiger charge is 2.28. The maximum absolute atomic E-state index is 12.6. The zero-order chi connectivity index (χ0) is 39.3. The van der Waals surface area contributed by atoms with Crippen molar-refractivity contribution in [3.8, 4) is 0 Å². The van der Waals surface area contributed by atoms with E-state index in [2.05, 4.69) is 42.7 Å². The molecule has 0 amide bonds. The molecule has 12 heteroatoms. The van der Waals surface area contributed by atoms with E-state index < -0.39 is 51.1 Å². The molecular weight excluding hydrogens is 697 g/mol. The summed E-state index contributed by atoms with van der Waals surface area (Å²) >= 11 is 0. The molecule has 0 aromatic heterocycles. The lowest BCUT2D eigenvalue weighted by Crippen LogP contribution is -2.34. The molecule has 11 nitrogen and oxygen atoms in total. The van der Waals surface area contributed by atoms with Crippen LogP contribution in [0.15, 0.2) is 24.3 Å². The molecule has 53 heavy (non-hydrogen) atoms. The Labute approximate surface area is 321 Å². The highest BCUT2D eigenvalue weighted by molar-refractivity contribution is 7.47. The number of nitrogens with two attached hydrogens (primary N) is 1. The maximum Gasteiger partial charge on any atom is 0.472 e. The van der Waals surface area contributed by atoms with Crippen LogP contribution in [0.5, 0.6) is 0 Å². The van der Waals surface area contributed by atoms with Crippen molar-refractivity contribution in [2.24, 2.45) is 5.73 Å². The number of allylic oxidation sites excluding steroid dienone is 4. The molecule has 0 aliphatic rings. The van der Waals surface area contributed by atoms with Crippen LogP contribution < -0.4 is 5.73 Å². The number of esters is 2. The average molecular weight is 774 g/mol. The van der Waals surface area contributed by atoms with Gasteiger partial charge < -0.3 is 25.2 Å². The van der Waals surface area contributed by atoms with Crippen LogP contribution in [0.1, 0.15) is 187 Å². The number of unbranched alkanes of at least 4 members (excludes halogenated alkanes) is 21. The van der Waals surface area contributed by atoms with Crippen molar-refractivity contribution in [1.82, 2.24) is 0 Å². The summed E-state index contributed by atoms with van der Waals surface area (Å²) in [5.74, 6) is -2.39. The third-order valence-corrected chi connectivity index (χ3v) is 9.90. The van der Waals surface area contributed by atoms with Gasteiger partial charge in [0.05, 0.1) is 13.2 Å². The zero-order valence-corrected chi connectivity index (χ0v) is 34.3. The van der Waals surface area contributed by atoms with Crippen LogP contribution in [0.25, 0.3) is 0 Å². The van der Waals surface area contributed by atoms with E-state index in [4.69, 9.17) is 24.8 Å². The number of carbonyl (C=O) groups excluding carboxylic acids is 2. The van der Waals surface area contributed by atoms with Gasteiger partial charge in [-0.3, -0.25) is 23.4 Å². The zero-order valence-electron chi connectivity index (χ0n) is 33.4. The van der Waals surface area contributed by atoms with Crippen LogP contribution in [0.2, 0.25) is 0 Å². The van der Waals surface area contributed by atoms with Gasteiger partial charge in [0.1, 0.15) is 12.6 Å². The number of carboxylic acids is 1. The summed E-state index contributed by atoms with van der Waals surface area (Å²) in [6.07, 6.45) is 36.7. The third kappa shape index (κ3) is 36.7. The molecule has 0 bridgehead atoms. The van der Waals surface area contributed by atoms with Crippen LogP contribution in [0, 0.1) is 0 Å². The second kappa shape index (κ2) is 36.9. The largest absolute Gasteiger partial charge is 0.480 e. The first kappa shape index (κ1) is 51.0. The summed E-state index contributed by atoms with van der Waals surface area (Å²) in [4.78, 5) is 45.9. The van der Waals surface area contributed by atoms with Gasteiger partial charge in [0.25, 0.3) is 0 Å². The minimum absolute atomic E-state index is 0.162. The van der Waals surface area contributed by atoms with Gasteiger partial charge in [0.15, 0.2) is 6.10 Å². The van der Waals surface area contributed by atoms with Crippen molar-refractivity contribution in [3.05, 3.63) is 24.3 Å². The summed E-state index contributed by atoms with van der Waals surface area (Å²) in [7, 11) is -4.71. The van der Waals surface area contributed by atoms with Gasteiger partial charge in [0, 0.05) is 12.8 Å². The van der Waals surface area contributed by atoms with Crippen molar-refractivity contribution in [3.63, 3.8) is 0 Å². The molecule has 4 N–H and O–H groups in total. The Hall–Kier alpha value is -2.04. The molecule has 0 spiro atoms. The first-order valence-corrected chi connectivity index (χ1v) is 22.4. The van der Waals surface area contributed by atoms with Gasteiger partial charge in [0.2, 0.25) is 0 Å². The van der Waals surface area contributed by atoms with Crippen LogP contribution in [0.3, 0.4) is 0 Å². The Kier molecular flexibility index (Phi) is 35.5. The molecule has 310 valence electrons. The van der Waals surface area contributed by atoms with Crippen molar-refractivity contribution < 1.29 is 47.5 Å². The maximum atomic E-state index is 12.6. The van der Waals surface area contributed by atoms with Crippen LogP contribution >= 0.6 is 7.82 Å². The Morgan fingerprint density at radius 1 is 0.585 bits per heavy atom. The van der Waals surface area contributed by atoms with E-state index in [1.165, 1.54) is 83.5 Å². The second-order valence-electron chi connectivity index (χ2n) is 14.1. The van der Waals surface area contributed by atoms with E-state index in [-0.39, 0.29) is 19.4 Å². The molecule has 0 saturated heterocycles. The summed E-state index contributed by atoms with van der Waals surface area (Å²) < 4.78 is 32.6. The fraction of sp³-hybridized carbons (Fsp3) is 0.829. The molecule has 0 aromatic rings. The van der Waals surface area contributed by atoms with Crippen LogP contribution in [0.4, 0.5) is 0 Å². The molecule has 0 aliphatic heterocycles. The van der Waals surface area contributed by atoms with Gasteiger partial charge in [-0.25, -0.2) is 4.57 Å². The lowest BCUT2D eigenvalue weighted by atomic mass is 10.0. The predicted molar refractivity (Wildman–Crippen MR) is 212 cm³/mol. The fourth-order valence-corrected chi connectivity index (χ4v) is 6.39. The fourth-order valence-electron chi connectivity index (χ4n) is 5.61. The summed E-state index contributed by atoms with van der Waals surface area (Å²) in [5, 5.41) is 8.87. The first-order chi connectivity index (χ1) is 25.6. The monoisotopic (exact) mass is 774 g/mol. The minimum atomic E-state index is -4.71. The quantitative estimate of drug-likeness (QED) is 0.0235. The summed E-state index contributed by atoms with van der Waals surface area (Å²) in [6.45, 7) is 2.75. The number of aliphatic carboxylic acids is 1. The van der Waals surface area contributed by atoms with E-state index >= 15 is 0 Å². The molecule has 0 radical (unpaired) electrons. The normalized spacial score (nSPS) is 14.0. The van der Waals surface area contributed by atoms with Crippen LogP contribution in [-0.2, 0) is 37.5 Å². The van der Waals surface area contributed by atoms with E-state index in [9.17, 15) is 23.8 Å². The first-order valence-electron chi connectivity index (χ1n) is 20.9. The molecule has 0 aromatic carbocycles. The topological polar surface area (TPSA) is 172 Å². The predicted octanol–water partition coefficient (Wildman–Crippen LogP) is 10.7. The van der Waals surface area contributed by atoms with Gasteiger partial charge in [-0.1, -0.05) is 160 Å². The minimum Gasteiger partial charge on any atom is -0.480 e. The average Bonchev–Trinajstić information content (AvgIpc) is 3.13. The SMILES string of the molecule is CCCC/C=C\C/C=C\CCCCCCCC(=O)OC[C@H](COP(=O)(O)OC[C@H](N)C(=O)O)OC(=O)CCCCCCCCCCCCCCCCC. The lowest BCUT2D eigenvalue weighted by Gasteiger charge is -2.20. The number of carboxylic acid groups (broad SMARTS) is 1. The molecule has 0 fully saturated rings.